The second-order valence-corrected chi connectivity index (χ2v) is 5.61. The maximum absolute atomic E-state index is 12.8. The lowest BCUT2D eigenvalue weighted by Crippen LogP contribution is -3.27. The molecule has 0 saturated carbocycles. The van der Waals surface area contributed by atoms with E-state index in [-0.39, 0.29) is 11.7 Å². The van der Waals surface area contributed by atoms with Crippen LogP contribution in [0.5, 0.6) is 0 Å². The quantitative estimate of drug-likeness (QED) is 0.568. The molecule has 0 spiro atoms. The SMILES string of the molecule is C[NH+]1CC[NH+](CC(=O)NCCc2ccc(F)cc2)CC1. The fourth-order valence-electron chi connectivity index (χ4n) is 2.49. The van der Waals surface area contributed by atoms with Crippen molar-refractivity contribution in [2.75, 3.05) is 46.3 Å². The molecule has 0 unspecified atom stereocenters. The number of hydrogen-bond donors (Lipinski definition) is 3. The third-order valence-corrected chi connectivity index (χ3v) is 3.87. The lowest BCUT2D eigenvalue weighted by molar-refractivity contribution is -1.000. The molecule has 3 N–H and O–H groups in total. The van der Waals surface area contributed by atoms with Gasteiger partial charge in [-0.25, -0.2) is 4.39 Å². The number of carbonyl (C=O) groups is 1. The number of piperazine rings is 1. The van der Waals surface area contributed by atoms with Crippen molar-refractivity contribution in [1.29, 1.82) is 0 Å². The molecule has 1 fully saturated rings. The van der Waals surface area contributed by atoms with Crippen LogP contribution in [0.25, 0.3) is 0 Å². The first-order valence-electron chi connectivity index (χ1n) is 7.29. The molecule has 0 bridgehead atoms. The Hall–Kier alpha value is -1.46. The van der Waals surface area contributed by atoms with Crippen molar-refractivity contribution in [3.8, 4) is 0 Å². The minimum Gasteiger partial charge on any atom is -0.351 e. The van der Waals surface area contributed by atoms with Gasteiger partial charge in [0.1, 0.15) is 32.0 Å². The van der Waals surface area contributed by atoms with Crippen LogP contribution in [0, 0.1) is 5.82 Å². The van der Waals surface area contributed by atoms with E-state index in [2.05, 4.69) is 12.4 Å². The zero-order chi connectivity index (χ0) is 14.4. The van der Waals surface area contributed by atoms with Crippen LogP contribution in [0.2, 0.25) is 0 Å². The van der Waals surface area contributed by atoms with E-state index in [0.717, 1.165) is 38.2 Å². The molecular formula is C15H24FN3O+2. The molecule has 0 atom stereocenters. The van der Waals surface area contributed by atoms with E-state index in [1.807, 2.05) is 0 Å². The molecule has 1 aliphatic rings. The molecule has 1 saturated heterocycles. The highest BCUT2D eigenvalue weighted by Crippen LogP contribution is 2.02. The van der Waals surface area contributed by atoms with Gasteiger partial charge in [-0.05, 0) is 24.1 Å². The summed E-state index contributed by atoms with van der Waals surface area (Å²) in [6.07, 6.45) is 0.744. The van der Waals surface area contributed by atoms with Crippen LogP contribution in [0.4, 0.5) is 4.39 Å². The molecule has 0 aliphatic carbocycles. The minimum absolute atomic E-state index is 0.113. The van der Waals surface area contributed by atoms with Gasteiger partial charge in [0.15, 0.2) is 6.54 Å². The molecule has 4 nitrogen and oxygen atoms in total. The van der Waals surface area contributed by atoms with E-state index >= 15 is 0 Å². The van der Waals surface area contributed by atoms with Crippen molar-refractivity contribution in [1.82, 2.24) is 5.32 Å². The predicted molar refractivity (Wildman–Crippen MR) is 75.3 cm³/mol. The van der Waals surface area contributed by atoms with Crippen LogP contribution in [0.1, 0.15) is 5.56 Å². The summed E-state index contributed by atoms with van der Waals surface area (Å²) < 4.78 is 12.8. The van der Waals surface area contributed by atoms with Crippen molar-refractivity contribution in [3.05, 3.63) is 35.6 Å². The highest BCUT2D eigenvalue weighted by Gasteiger charge is 2.21. The number of likely N-dealkylation sites (N-methyl/N-ethyl adjacent to an activating group) is 1. The van der Waals surface area contributed by atoms with E-state index in [9.17, 15) is 9.18 Å². The number of amides is 1. The molecule has 1 aromatic rings. The molecule has 1 amide bonds. The average molecular weight is 281 g/mol. The van der Waals surface area contributed by atoms with E-state index < -0.39 is 0 Å². The Labute approximate surface area is 119 Å². The van der Waals surface area contributed by atoms with Crippen LogP contribution >= 0.6 is 0 Å². The van der Waals surface area contributed by atoms with Gasteiger partial charge in [0, 0.05) is 6.54 Å². The number of halogens is 1. The Morgan fingerprint density at radius 1 is 1.20 bits per heavy atom. The van der Waals surface area contributed by atoms with Crippen molar-refractivity contribution < 1.29 is 19.0 Å². The summed E-state index contributed by atoms with van der Waals surface area (Å²) in [7, 11) is 2.19. The number of benzene rings is 1. The molecule has 2 rings (SSSR count). The standard InChI is InChI=1S/C15H22FN3O/c1-18-8-10-19(11-9-18)12-15(20)17-7-6-13-2-4-14(16)5-3-13/h2-5H,6-12H2,1H3,(H,17,20)/p+2. The molecule has 0 radical (unpaired) electrons. The largest absolute Gasteiger partial charge is 0.351 e. The summed E-state index contributed by atoms with van der Waals surface area (Å²) in [6, 6.07) is 6.42. The van der Waals surface area contributed by atoms with Gasteiger partial charge in [0.05, 0.1) is 7.05 Å². The second kappa shape index (κ2) is 7.36. The Morgan fingerprint density at radius 3 is 2.50 bits per heavy atom. The smallest absolute Gasteiger partial charge is 0.275 e. The molecular weight excluding hydrogens is 257 g/mol. The van der Waals surface area contributed by atoms with E-state index in [4.69, 9.17) is 0 Å². The predicted octanol–water partition coefficient (Wildman–Crippen LogP) is -2.10. The van der Waals surface area contributed by atoms with E-state index in [1.165, 1.54) is 17.0 Å². The van der Waals surface area contributed by atoms with Gasteiger partial charge in [-0.2, -0.15) is 0 Å². The lowest BCUT2D eigenvalue weighted by Gasteiger charge is -2.26. The second-order valence-electron chi connectivity index (χ2n) is 5.61. The van der Waals surface area contributed by atoms with Gasteiger partial charge in [-0.1, -0.05) is 12.1 Å². The number of rotatable bonds is 5. The zero-order valence-electron chi connectivity index (χ0n) is 12.0. The van der Waals surface area contributed by atoms with Gasteiger partial charge in [-0.15, -0.1) is 0 Å². The molecule has 1 aromatic carbocycles. The summed E-state index contributed by atoms with van der Waals surface area (Å²) in [6.45, 7) is 5.59. The summed E-state index contributed by atoms with van der Waals surface area (Å²) in [4.78, 5) is 14.8. The first kappa shape index (κ1) is 14.9. The first-order chi connectivity index (χ1) is 9.63. The van der Waals surface area contributed by atoms with Crippen LogP contribution in [0.15, 0.2) is 24.3 Å². The molecule has 110 valence electrons. The maximum Gasteiger partial charge on any atom is 0.275 e. The summed E-state index contributed by atoms with van der Waals surface area (Å²) in [5.74, 6) is -0.111. The van der Waals surface area contributed by atoms with Gasteiger partial charge in [-0.3, -0.25) is 4.79 Å². The van der Waals surface area contributed by atoms with E-state index in [0.29, 0.717) is 13.1 Å². The highest BCUT2D eigenvalue weighted by atomic mass is 19.1. The van der Waals surface area contributed by atoms with E-state index in [1.54, 1.807) is 17.0 Å². The lowest BCUT2D eigenvalue weighted by atomic mass is 10.1. The fraction of sp³-hybridized carbons (Fsp3) is 0.533. The molecule has 1 heterocycles. The molecule has 1 aliphatic heterocycles. The number of carbonyl (C=O) groups excluding carboxylic acids is 1. The normalized spacial score (nSPS) is 22.5. The third-order valence-electron chi connectivity index (χ3n) is 3.87. The Morgan fingerprint density at radius 2 is 1.85 bits per heavy atom. The summed E-state index contributed by atoms with van der Waals surface area (Å²) in [5, 5.41) is 2.94. The van der Waals surface area contributed by atoms with Crippen molar-refractivity contribution in [2.45, 2.75) is 6.42 Å². The van der Waals surface area contributed by atoms with Crippen LogP contribution in [-0.4, -0.2) is 52.2 Å². The fourth-order valence-corrected chi connectivity index (χ4v) is 2.49. The molecule has 20 heavy (non-hydrogen) atoms. The first-order valence-corrected chi connectivity index (χ1v) is 7.29. The van der Waals surface area contributed by atoms with Crippen LogP contribution < -0.4 is 15.1 Å². The van der Waals surface area contributed by atoms with Crippen LogP contribution in [-0.2, 0) is 11.2 Å². The average Bonchev–Trinajstić information content (AvgIpc) is 2.44. The van der Waals surface area contributed by atoms with Crippen molar-refractivity contribution >= 4 is 5.91 Å². The van der Waals surface area contributed by atoms with Crippen molar-refractivity contribution in [2.24, 2.45) is 0 Å². The summed E-state index contributed by atoms with van der Waals surface area (Å²) >= 11 is 0. The zero-order valence-corrected chi connectivity index (χ0v) is 12.0. The Bertz CT molecular complexity index is 427. The van der Waals surface area contributed by atoms with Gasteiger partial charge >= 0.3 is 0 Å². The van der Waals surface area contributed by atoms with Crippen LogP contribution in [0.3, 0.4) is 0 Å². The Kier molecular flexibility index (Phi) is 5.49. The van der Waals surface area contributed by atoms with Gasteiger partial charge in [0.2, 0.25) is 0 Å². The number of quaternary nitrogens is 2. The maximum atomic E-state index is 12.8. The van der Waals surface area contributed by atoms with Gasteiger partial charge < -0.3 is 15.1 Å². The molecule has 0 aromatic heterocycles. The van der Waals surface area contributed by atoms with Crippen molar-refractivity contribution in [3.63, 3.8) is 0 Å². The molecule has 5 heteroatoms. The number of hydrogen-bond acceptors (Lipinski definition) is 1. The van der Waals surface area contributed by atoms with Gasteiger partial charge in [0.25, 0.3) is 5.91 Å². The topological polar surface area (TPSA) is 38.0 Å². The monoisotopic (exact) mass is 281 g/mol. The number of nitrogens with one attached hydrogen (secondary N) is 3. The summed E-state index contributed by atoms with van der Waals surface area (Å²) in [5.41, 5.74) is 1.04. The third kappa shape index (κ3) is 4.90. The highest BCUT2D eigenvalue weighted by molar-refractivity contribution is 5.76. The Balaban J connectivity index is 1.64. The minimum atomic E-state index is -0.224.